The predicted octanol–water partition coefficient (Wildman–Crippen LogP) is 5.38. The van der Waals surface area contributed by atoms with E-state index in [0.29, 0.717) is 4.90 Å². The largest absolute Gasteiger partial charge is 0.313 e. The van der Waals surface area contributed by atoms with Crippen molar-refractivity contribution in [3.8, 4) is 0 Å². The number of halogens is 3. The summed E-state index contributed by atoms with van der Waals surface area (Å²) in [5.74, 6) is -1.64. The normalized spacial score (nSPS) is 10.9. The zero-order valence-electron chi connectivity index (χ0n) is 11.6. The topological polar surface area (TPSA) is 12.0 Å². The average Bonchev–Trinajstić information content (AvgIpc) is 2.45. The van der Waals surface area contributed by atoms with Gasteiger partial charge in [-0.25, -0.2) is 8.78 Å². The second-order valence-electron chi connectivity index (χ2n) is 4.61. The van der Waals surface area contributed by atoms with E-state index < -0.39 is 11.6 Å². The fraction of sp³-hybridized carbons (Fsp3) is 0.250. The van der Waals surface area contributed by atoms with Crippen LogP contribution in [-0.2, 0) is 6.54 Å². The van der Waals surface area contributed by atoms with Gasteiger partial charge in [-0.15, -0.1) is 0 Å². The third-order valence-electron chi connectivity index (χ3n) is 2.89. The lowest BCUT2D eigenvalue weighted by Crippen LogP contribution is -2.14. The van der Waals surface area contributed by atoms with Crippen molar-refractivity contribution in [2.45, 2.75) is 29.7 Å². The Kier molecular flexibility index (Phi) is 6.21. The summed E-state index contributed by atoms with van der Waals surface area (Å²) in [7, 11) is 0. The highest BCUT2D eigenvalue weighted by Gasteiger charge is 2.08. The van der Waals surface area contributed by atoms with E-state index >= 15 is 0 Å². The van der Waals surface area contributed by atoms with Crippen LogP contribution < -0.4 is 5.32 Å². The molecule has 0 aliphatic carbocycles. The summed E-state index contributed by atoms with van der Waals surface area (Å²) >= 11 is 4.88. The van der Waals surface area contributed by atoms with Gasteiger partial charge in [-0.05, 0) is 48.9 Å². The summed E-state index contributed by atoms with van der Waals surface area (Å²) in [6.07, 6.45) is 1.07. The minimum Gasteiger partial charge on any atom is -0.313 e. The van der Waals surface area contributed by atoms with E-state index in [0.717, 1.165) is 40.5 Å². The Morgan fingerprint density at radius 3 is 2.62 bits per heavy atom. The molecule has 0 atom stereocenters. The van der Waals surface area contributed by atoms with Crippen LogP contribution in [0.25, 0.3) is 0 Å². The van der Waals surface area contributed by atoms with Gasteiger partial charge in [0.1, 0.15) is 0 Å². The minimum atomic E-state index is -0.821. The number of hydrogen-bond donors (Lipinski definition) is 1. The third kappa shape index (κ3) is 4.80. The van der Waals surface area contributed by atoms with Crippen LogP contribution in [0.1, 0.15) is 18.9 Å². The van der Waals surface area contributed by atoms with Crippen LogP contribution in [0.3, 0.4) is 0 Å². The first-order chi connectivity index (χ1) is 10.1. The monoisotopic (exact) mass is 371 g/mol. The molecule has 0 fully saturated rings. The molecular formula is C16H16BrF2NS. The van der Waals surface area contributed by atoms with Crippen molar-refractivity contribution in [3.05, 3.63) is 58.1 Å². The molecule has 0 radical (unpaired) electrons. The molecule has 2 aromatic rings. The van der Waals surface area contributed by atoms with Gasteiger partial charge in [0.25, 0.3) is 0 Å². The summed E-state index contributed by atoms with van der Waals surface area (Å²) in [6.45, 7) is 3.82. The molecule has 5 heteroatoms. The lowest BCUT2D eigenvalue weighted by molar-refractivity contribution is 0.506. The smallest absolute Gasteiger partial charge is 0.159 e. The molecule has 0 unspecified atom stereocenters. The van der Waals surface area contributed by atoms with Gasteiger partial charge in [0, 0.05) is 20.8 Å². The minimum absolute atomic E-state index is 0.684. The van der Waals surface area contributed by atoms with E-state index in [1.165, 1.54) is 17.8 Å². The van der Waals surface area contributed by atoms with E-state index in [4.69, 9.17) is 0 Å². The van der Waals surface area contributed by atoms with Gasteiger partial charge < -0.3 is 5.32 Å². The highest BCUT2D eigenvalue weighted by Crippen LogP contribution is 2.33. The zero-order valence-corrected chi connectivity index (χ0v) is 14.0. The van der Waals surface area contributed by atoms with Crippen LogP contribution >= 0.6 is 27.7 Å². The van der Waals surface area contributed by atoms with E-state index in [2.05, 4.69) is 28.2 Å². The standard InChI is InChI=1S/C16H16BrF2NS/c1-2-7-20-10-11-3-4-12(17)8-16(11)21-13-5-6-14(18)15(19)9-13/h3-6,8-9,20H,2,7,10H2,1H3. The molecule has 0 aliphatic rings. The Morgan fingerprint density at radius 1 is 1.10 bits per heavy atom. The van der Waals surface area contributed by atoms with Crippen molar-refractivity contribution in [1.82, 2.24) is 5.32 Å². The lowest BCUT2D eigenvalue weighted by Gasteiger charge is -2.11. The summed E-state index contributed by atoms with van der Waals surface area (Å²) < 4.78 is 27.2. The molecule has 0 spiro atoms. The number of nitrogens with one attached hydrogen (secondary N) is 1. The van der Waals surface area contributed by atoms with E-state index in [9.17, 15) is 8.78 Å². The van der Waals surface area contributed by atoms with Gasteiger partial charge >= 0.3 is 0 Å². The maximum absolute atomic E-state index is 13.3. The Hall–Kier alpha value is -0.910. The Balaban J connectivity index is 2.20. The number of benzene rings is 2. The van der Waals surface area contributed by atoms with Crippen molar-refractivity contribution in [1.29, 1.82) is 0 Å². The summed E-state index contributed by atoms with van der Waals surface area (Å²) in [4.78, 5) is 1.71. The zero-order chi connectivity index (χ0) is 15.2. The molecular weight excluding hydrogens is 356 g/mol. The van der Waals surface area contributed by atoms with Crippen LogP contribution in [-0.4, -0.2) is 6.54 Å². The molecule has 0 saturated carbocycles. The van der Waals surface area contributed by atoms with Crippen LogP contribution in [0.2, 0.25) is 0 Å². The quantitative estimate of drug-likeness (QED) is 0.684. The van der Waals surface area contributed by atoms with Crippen LogP contribution in [0.4, 0.5) is 8.78 Å². The molecule has 0 aliphatic heterocycles. The van der Waals surface area contributed by atoms with Crippen LogP contribution in [0.5, 0.6) is 0 Å². The van der Waals surface area contributed by atoms with Gasteiger partial charge in [-0.3, -0.25) is 0 Å². The van der Waals surface area contributed by atoms with Crippen molar-refractivity contribution in [2.24, 2.45) is 0 Å². The summed E-state index contributed by atoms with van der Waals surface area (Å²) in [6, 6.07) is 9.99. The van der Waals surface area contributed by atoms with Crippen LogP contribution in [0, 0.1) is 11.6 Å². The Bertz CT molecular complexity index is 619. The van der Waals surface area contributed by atoms with Gasteiger partial charge in [-0.1, -0.05) is 40.7 Å². The molecule has 0 aromatic heterocycles. The highest BCUT2D eigenvalue weighted by molar-refractivity contribution is 9.10. The van der Waals surface area contributed by atoms with Gasteiger partial charge in [0.15, 0.2) is 11.6 Å². The molecule has 0 bridgehead atoms. The SMILES string of the molecule is CCCNCc1ccc(Br)cc1Sc1ccc(F)c(F)c1. The molecule has 2 rings (SSSR count). The third-order valence-corrected chi connectivity index (χ3v) is 4.47. The van der Waals surface area contributed by atoms with E-state index in [-0.39, 0.29) is 0 Å². The average molecular weight is 372 g/mol. The van der Waals surface area contributed by atoms with Crippen molar-refractivity contribution < 1.29 is 8.78 Å². The van der Waals surface area contributed by atoms with Crippen molar-refractivity contribution in [3.63, 3.8) is 0 Å². The first-order valence-corrected chi connectivity index (χ1v) is 8.33. The molecule has 0 heterocycles. The molecule has 1 nitrogen and oxygen atoms in total. The molecule has 2 aromatic carbocycles. The van der Waals surface area contributed by atoms with Crippen molar-refractivity contribution in [2.75, 3.05) is 6.54 Å². The molecule has 0 amide bonds. The lowest BCUT2D eigenvalue weighted by atomic mass is 10.2. The maximum Gasteiger partial charge on any atom is 0.159 e. The van der Waals surface area contributed by atoms with Crippen molar-refractivity contribution >= 4 is 27.7 Å². The number of hydrogen-bond acceptors (Lipinski definition) is 2. The maximum atomic E-state index is 13.3. The van der Waals surface area contributed by atoms with E-state index in [1.54, 1.807) is 6.07 Å². The second-order valence-corrected chi connectivity index (χ2v) is 6.64. The fourth-order valence-corrected chi connectivity index (χ4v) is 3.36. The van der Waals surface area contributed by atoms with E-state index in [1.807, 2.05) is 18.2 Å². The Morgan fingerprint density at radius 2 is 1.90 bits per heavy atom. The molecule has 1 N–H and O–H groups in total. The second kappa shape index (κ2) is 7.92. The highest BCUT2D eigenvalue weighted by atomic mass is 79.9. The summed E-state index contributed by atoms with van der Waals surface area (Å²) in [5.41, 5.74) is 1.14. The molecule has 0 saturated heterocycles. The molecule has 21 heavy (non-hydrogen) atoms. The fourth-order valence-electron chi connectivity index (χ4n) is 1.84. The number of rotatable bonds is 6. The summed E-state index contributed by atoms with van der Waals surface area (Å²) in [5, 5.41) is 3.35. The first-order valence-electron chi connectivity index (χ1n) is 6.72. The molecule has 112 valence electrons. The first kappa shape index (κ1) is 16.5. The van der Waals surface area contributed by atoms with Gasteiger partial charge in [0.05, 0.1) is 0 Å². The predicted molar refractivity (Wildman–Crippen MR) is 86.6 cm³/mol. The Labute approximate surface area is 136 Å². The van der Waals surface area contributed by atoms with Gasteiger partial charge in [0.2, 0.25) is 0 Å². The van der Waals surface area contributed by atoms with Crippen LogP contribution in [0.15, 0.2) is 50.7 Å². The van der Waals surface area contributed by atoms with Gasteiger partial charge in [-0.2, -0.15) is 0 Å².